The van der Waals surface area contributed by atoms with Gasteiger partial charge in [0.25, 0.3) is 0 Å². The molecule has 0 bridgehead atoms. The maximum Gasteiger partial charge on any atom is 0.249 e. The van der Waals surface area contributed by atoms with Crippen LogP contribution in [0.15, 0.2) is 54.6 Å². The third-order valence-electron chi connectivity index (χ3n) is 4.40. The zero-order valence-corrected chi connectivity index (χ0v) is 13.5. The van der Waals surface area contributed by atoms with Crippen LogP contribution < -0.4 is 5.32 Å². The van der Waals surface area contributed by atoms with Gasteiger partial charge in [-0.15, -0.1) is 0 Å². The molecule has 0 fully saturated rings. The Hall–Kier alpha value is -2.13. The predicted octanol–water partition coefficient (Wildman–Crippen LogP) is 3.79. The molecule has 1 N–H and O–H groups in total. The van der Waals surface area contributed by atoms with E-state index in [1.807, 2.05) is 43.3 Å². The summed E-state index contributed by atoms with van der Waals surface area (Å²) in [6.45, 7) is 2.27. The fraction of sp³-hybridized carbons (Fsp3) is 0.350. The molecule has 2 aromatic rings. The Balaban J connectivity index is 1.57. The minimum atomic E-state index is -0.454. The average Bonchev–Trinajstić information content (AvgIpc) is 2.61. The van der Waals surface area contributed by atoms with Gasteiger partial charge < -0.3 is 10.1 Å². The number of nitrogens with one attached hydrogen (secondary N) is 1. The molecule has 3 rings (SSSR count). The summed E-state index contributed by atoms with van der Waals surface area (Å²) in [5, 5.41) is 3.15. The van der Waals surface area contributed by atoms with Crippen LogP contribution in [0.5, 0.6) is 0 Å². The van der Waals surface area contributed by atoms with Crippen molar-refractivity contribution >= 4 is 5.91 Å². The van der Waals surface area contributed by atoms with Crippen molar-refractivity contribution in [3.8, 4) is 0 Å². The minimum absolute atomic E-state index is 0.0392. The van der Waals surface area contributed by atoms with Crippen LogP contribution >= 0.6 is 0 Å². The van der Waals surface area contributed by atoms with Crippen LogP contribution in [0, 0.1) is 0 Å². The van der Waals surface area contributed by atoms with Crippen LogP contribution in [0.3, 0.4) is 0 Å². The summed E-state index contributed by atoms with van der Waals surface area (Å²) in [6, 6.07) is 18.4. The Labute approximate surface area is 137 Å². The van der Waals surface area contributed by atoms with E-state index >= 15 is 0 Å². The predicted molar refractivity (Wildman–Crippen MR) is 91.0 cm³/mol. The first-order chi connectivity index (χ1) is 11.2. The molecule has 0 spiro atoms. The second kappa shape index (κ2) is 7.42. The van der Waals surface area contributed by atoms with Gasteiger partial charge >= 0.3 is 0 Å². The number of carbonyl (C=O) groups excluding carboxylic acids is 1. The number of amides is 1. The summed E-state index contributed by atoms with van der Waals surface area (Å²) >= 11 is 0. The van der Waals surface area contributed by atoms with Crippen molar-refractivity contribution in [3.05, 3.63) is 71.3 Å². The molecule has 2 unspecified atom stereocenters. The molecule has 23 heavy (non-hydrogen) atoms. The van der Waals surface area contributed by atoms with Crippen molar-refractivity contribution in [2.75, 3.05) is 0 Å². The fourth-order valence-corrected chi connectivity index (χ4v) is 3.06. The van der Waals surface area contributed by atoms with Crippen LogP contribution in [-0.2, 0) is 22.6 Å². The zero-order valence-electron chi connectivity index (χ0n) is 13.5. The lowest BCUT2D eigenvalue weighted by Crippen LogP contribution is -2.38. The van der Waals surface area contributed by atoms with E-state index in [9.17, 15) is 4.79 Å². The van der Waals surface area contributed by atoms with Crippen LogP contribution in [0.25, 0.3) is 0 Å². The second-order valence-corrected chi connectivity index (χ2v) is 6.09. The van der Waals surface area contributed by atoms with E-state index in [4.69, 9.17) is 4.74 Å². The Morgan fingerprint density at radius 2 is 1.91 bits per heavy atom. The molecule has 3 heteroatoms. The number of hydrogen-bond acceptors (Lipinski definition) is 2. The van der Waals surface area contributed by atoms with E-state index in [0.717, 1.165) is 24.8 Å². The molecule has 1 aliphatic rings. The van der Waals surface area contributed by atoms with E-state index in [0.29, 0.717) is 6.61 Å². The maximum atomic E-state index is 12.4. The lowest BCUT2D eigenvalue weighted by Gasteiger charge is -2.27. The van der Waals surface area contributed by atoms with Crippen molar-refractivity contribution in [2.24, 2.45) is 0 Å². The molecular weight excluding hydrogens is 286 g/mol. The van der Waals surface area contributed by atoms with Gasteiger partial charge in [0.2, 0.25) is 5.91 Å². The van der Waals surface area contributed by atoms with Crippen molar-refractivity contribution in [1.29, 1.82) is 0 Å². The van der Waals surface area contributed by atoms with Crippen molar-refractivity contribution in [3.63, 3.8) is 0 Å². The number of fused-ring (bicyclic) bond motifs is 1. The molecule has 0 aliphatic heterocycles. The summed E-state index contributed by atoms with van der Waals surface area (Å²) in [6.07, 6.45) is 2.75. The van der Waals surface area contributed by atoms with Crippen LogP contribution in [0.4, 0.5) is 0 Å². The Kier molecular flexibility index (Phi) is 5.09. The van der Waals surface area contributed by atoms with Gasteiger partial charge in [-0.25, -0.2) is 0 Å². The standard InChI is InChI=1S/C20H23NO2/c1-15(23-14-16-8-3-2-4-9-16)20(22)21-19-13-7-11-17-10-5-6-12-18(17)19/h2-6,8-10,12,15,19H,7,11,13-14H2,1H3,(H,21,22). The summed E-state index contributed by atoms with van der Waals surface area (Å²) in [5.74, 6) is -0.0392. The molecule has 0 saturated heterocycles. The third kappa shape index (κ3) is 3.99. The van der Waals surface area contributed by atoms with Gasteiger partial charge in [0.15, 0.2) is 0 Å². The number of carbonyl (C=O) groups is 1. The van der Waals surface area contributed by atoms with Gasteiger partial charge in [0, 0.05) is 0 Å². The molecule has 1 amide bonds. The summed E-state index contributed by atoms with van der Waals surface area (Å²) in [7, 11) is 0. The molecule has 0 saturated carbocycles. The van der Waals surface area contributed by atoms with E-state index in [2.05, 4.69) is 23.5 Å². The number of hydrogen-bond donors (Lipinski definition) is 1. The Bertz CT molecular complexity index is 654. The third-order valence-corrected chi connectivity index (χ3v) is 4.40. The van der Waals surface area contributed by atoms with Crippen molar-refractivity contribution < 1.29 is 9.53 Å². The quantitative estimate of drug-likeness (QED) is 0.912. The van der Waals surface area contributed by atoms with Crippen molar-refractivity contribution in [1.82, 2.24) is 5.32 Å². The molecule has 2 atom stereocenters. The zero-order chi connectivity index (χ0) is 16.1. The normalized spacial score (nSPS) is 18.0. The lowest BCUT2D eigenvalue weighted by molar-refractivity contribution is -0.133. The van der Waals surface area contributed by atoms with Gasteiger partial charge in [-0.2, -0.15) is 0 Å². The second-order valence-electron chi connectivity index (χ2n) is 6.09. The highest BCUT2D eigenvalue weighted by Crippen LogP contribution is 2.29. The van der Waals surface area contributed by atoms with Crippen LogP contribution in [0.2, 0.25) is 0 Å². The van der Waals surface area contributed by atoms with Gasteiger partial charge in [-0.3, -0.25) is 4.79 Å². The highest BCUT2D eigenvalue weighted by atomic mass is 16.5. The average molecular weight is 309 g/mol. The van der Waals surface area contributed by atoms with E-state index in [1.165, 1.54) is 11.1 Å². The fourth-order valence-electron chi connectivity index (χ4n) is 3.06. The van der Waals surface area contributed by atoms with Crippen LogP contribution in [-0.4, -0.2) is 12.0 Å². The number of aryl methyl sites for hydroxylation is 1. The van der Waals surface area contributed by atoms with Crippen LogP contribution in [0.1, 0.15) is 42.5 Å². The molecule has 2 aromatic carbocycles. The summed E-state index contributed by atoms with van der Waals surface area (Å²) in [5.41, 5.74) is 3.68. The first-order valence-corrected chi connectivity index (χ1v) is 8.28. The molecule has 0 radical (unpaired) electrons. The van der Waals surface area contributed by atoms with E-state index < -0.39 is 6.10 Å². The molecule has 1 aliphatic carbocycles. The SMILES string of the molecule is CC(OCc1ccccc1)C(=O)NC1CCCc2ccccc21. The topological polar surface area (TPSA) is 38.3 Å². The Morgan fingerprint density at radius 1 is 1.17 bits per heavy atom. The van der Waals surface area contributed by atoms with E-state index in [1.54, 1.807) is 0 Å². The lowest BCUT2D eigenvalue weighted by atomic mass is 9.87. The van der Waals surface area contributed by atoms with E-state index in [-0.39, 0.29) is 11.9 Å². The number of benzene rings is 2. The Morgan fingerprint density at radius 3 is 2.74 bits per heavy atom. The first-order valence-electron chi connectivity index (χ1n) is 8.28. The number of rotatable bonds is 5. The molecule has 0 aromatic heterocycles. The van der Waals surface area contributed by atoms with Gasteiger partial charge in [-0.05, 0) is 42.9 Å². The molecular formula is C20H23NO2. The highest BCUT2D eigenvalue weighted by molar-refractivity contribution is 5.80. The monoisotopic (exact) mass is 309 g/mol. The van der Waals surface area contributed by atoms with Gasteiger partial charge in [0.05, 0.1) is 12.6 Å². The molecule has 0 heterocycles. The van der Waals surface area contributed by atoms with Crippen molar-refractivity contribution in [2.45, 2.75) is 44.9 Å². The molecule has 3 nitrogen and oxygen atoms in total. The molecule has 120 valence electrons. The van der Waals surface area contributed by atoms with Gasteiger partial charge in [-0.1, -0.05) is 54.6 Å². The minimum Gasteiger partial charge on any atom is -0.364 e. The van der Waals surface area contributed by atoms with Gasteiger partial charge in [0.1, 0.15) is 6.10 Å². The smallest absolute Gasteiger partial charge is 0.249 e. The largest absolute Gasteiger partial charge is 0.364 e. The highest BCUT2D eigenvalue weighted by Gasteiger charge is 2.23. The first kappa shape index (κ1) is 15.8. The maximum absolute atomic E-state index is 12.4. The summed E-state index contributed by atoms with van der Waals surface area (Å²) in [4.78, 5) is 12.4. The number of ether oxygens (including phenoxy) is 1. The summed E-state index contributed by atoms with van der Waals surface area (Å²) < 4.78 is 5.71.